The fourth-order valence-corrected chi connectivity index (χ4v) is 3.38. The first-order valence-electron chi connectivity index (χ1n) is 8.47. The van der Waals surface area contributed by atoms with Crippen molar-refractivity contribution >= 4 is 16.8 Å². The molecule has 0 spiro atoms. The maximum atomic E-state index is 12.6. The summed E-state index contributed by atoms with van der Waals surface area (Å²) >= 11 is 0. The summed E-state index contributed by atoms with van der Waals surface area (Å²) in [6.07, 6.45) is 3.71. The highest BCUT2D eigenvalue weighted by Gasteiger charge is 2.26. The molecule has 1 saturated carbocycles. The van der Waals surface area contributed by atoms with E-state index in [1.54, 1.807) is 25.1 Å². The van der Waals surface area contributed by atoms with Crippen molar-refractivity contribution in [3.63, 3.8) is 0 Å². The van der Waals surface area contributed by atoms with Crippen LogP contribution in [-0.2, 0) is 0 Å². The Morgan fingerprint density at radius 3 is 2.83 bits per heavy atom. The summed E-state index contributed by atoms with van der Waals surface area (Å²) < 4.78 is 5.21. The highest BCUT2D eigenvalue weighted by molar-refractivity contribution is 5.95. The smallest absolute Gasteiger partial charge is 0.272 e. The molecule has 1 aromatic carbocycles. The van der Waals surface area contributed by atoms with E-state index in [1.165, 1.54) is 0 Å². The minimum atomic E-state index is -0.300. The van der Waals surface area contributed by atoms with Crippen LogP contribution in [0.4, 0.5) is 0 Å². The molecule has 2 unspecified atom stereocenters. The van der Waals surface area contributed by atoms with Crippen LogP contribution in [0.3, 0.4) is 0 Å². The molecule has 2 atom stereocenters. The molecule has 0 bridgehead atoms. The van der Waals surface area contributed by atoms with Crippen molar-refractivity contribution in [1.29, 1.82) is 0 Å². The lowest BCUT2D eigenvalue weighted by Gasteiger charge is -2.31. The maximum absolute atomic E-state index is 12.6. The molecule has 0 aliphatic heterocycles. The van der Waals surface area contributed by atoms with Gasteiger partial charge in [0.05, 0.1) is 18.7 Å². The van der Waals surface area contributed by atoms with Crippen molar-refractivity contribution < 1.29 is 14.6 Å². The second-order valence-electron chi connectivity index (χ2n) is 6.55. The number of benzene rings is 1. The fraction of sp³-hybridized carbons (Fsp3) is 0.474. The average Bonchev–Trinajstić information content (AvgIpc) is 2.62. The monoisotopic (exact) mass is 328 g/mol. The summed E-state index contributed by atoms with van der Waals surface area (Å²) in [4.78, 5) is 18.8. The summed E-state index contributed by atoms with van der Waals surface area (Å²) in [7, 11) is 3.41. The normalized spacial score (nSPS) is 20.8. The number of rotatable bonds is 4. The van der Waals surface area contributed by atoms with E-state index in [9.17, 15) is 9.90 Å². The standard InChI is InChI=1S/C19H24N2O3/c1-21(12-14-5-3-4-6-18(14)22)19(23)17-9-7-13-11-15(24-2)8-10-16(13)20-17/h7-11,14,18,22H,3-6,12H2,1-2H3. The molecule has 0 saturated heterocycles. The Morgan fingerprint density at radius 1 is 1.29 bits per heavy atom. The van der Waals surface area contributed by atoms with E-state index < -0.39 is 0 Å². The van der Waals surface area contributed by atoms with Gasteiger partial charge in [0.25, 0.3) is 5.91 Å². The van der Waals surface area contributed by atoms with Crippen LogP contribution in [0.25, 0.3) is 10.9 Å². The summed E-state index contributed by atoms with van der Waals surface area (Å²) in [5.74, 6) is 0.828. The van der Waals surface area contributed by atoms with Crippen LogP contribution in [0.2, 0.25) is 0 Å². The fourth-order valence-electron chi connectivity index (χ4n) is 3.38. The Bertz CT molecular complexity index is 732. The first-order valence-corrected chi connectivity index (χ1v) is 8.47. The van der Waals surface area contributed by atoms with E-state index in [1.807, 2.05) is 24.3 Å². The van der Waals surface area contributed by atoms with Crippen molar-refractivity contribution in [2.45, 2.75) is 31.8 Å². The van der Waals surface area contributed by atoms with Crippen LogP contribution < -0.4 is 4.74 Å². The lowest BCUT2D eigenvalue weighted by Crippen LogP contribution is -2.38. The number of methoxy groups -OCH3 is 1. The number of ether oxygens (including phenoxy) is 1. The van der Waals surface area contributed by atoms with Crippen LogP contribution in [0.5, 0.6) is 5.75 Å². The van der Waals surface area contributed by atoms with Crippen molar-refractivity contribution in [2.75, 3.05) is 20.7 Å². The van der Waals surface area contributed by atoms with Crippen LogP contribution in [-0.4, -0.2) is 47.7 Å². The lowest BCUT2D eigenvalue weighted by molar-refractivity contribution is 0.0449. The minimum absolute atomic E-state index is 0.106. The summed E-state index contributed by atoms with van der Waals surface area (Å²) in [5.41, 5.74) is 1.20. The molecule has 5 nitrogen and oxygen atoms in total. The molecule has 1 aromatic heterocycles. The van der Waals surface area contributed by atoms with Crippen LogP contribution >= 0.6 is 0 Å². The molecule has 0 radical (unpaired) electrons. The molecule has 1 fully saturated rings. The zero-order chi connectivity index (χ0) is 17.1. The van der Waals surface area contributed by atoms with Gasteiger partial charge in [-0.15, -0.1) is 0 Å². The van der Waals surface area contributed by atoms with Gasteiger partial charge in [0.1, 0.15) is 11.4 Å². The van der Waals surface area contributed by atoms with E-state index >= 15 is 0 Å². The molecule has 1 N–H and O–H groups in total. The van der Waals surface area contributed by atoms with Gasteiger partial charge >= 0.3 is 0 Å². The number of amides is 1. The zero-order valence-electron chi connectivity index (χ0n) is 14.2. The Morgan fingerprint density at radius 2 is 2.08 bits per heavy atom. The molecular weight excluding hydrogens is 304 g/mol. The van der Waals surface area contributed by atoms with Crippen molar-refractivity contribution in [3.05, 3.63) is 36.0 Å². The second kappa shape index (κ2) is 7.18. The maximum Gasteiger partial charge on any atom is 0.272 e. The highest BCUT2D eigenvalue weighted by atomic mass is 16.5. The number of nitrogens with zero attached hydrogens (tertiary/aromatic N) is 2. The molecule has 2 aromatic rings. The first kappa shape index (κ1) is 16.7. The predicted octanol–water partition coefficient (Wildman–Crippen LogP) is 2.87. The van der Waals surface area contributed by atoms with Crippen molar-refractivity contribution in [2.24, 2.45) is 5.92 Å². The molecule has 1 aliphatic carbocycles. The van der Waals surface area contributed by atoms with E-state index in [2.05, 4.69) is 4.98 Å². The Kier molecular flexibility index (Phi) is 5.00. The van der Waals surface area contributed by atoms with E-state index in [0.29, 0.717) is 12.2 Å². The van der Waals surface area contributed by atoms with Gasteiger partial charge in [-0.05, 0) is 37.1 Å². The first-order chi connectivity index (χ1) is 11.6. The van der Waals surface area contributed by atoms with Crippen molar-refractivity contribution in [3.8, 4) is 5.75 Å². The van der Waals surface area contributed by atoms with E-state index in [-0.39, 0.29) is 17.9 Å². The minimum Gasteiger partial charge on any atom is -0.497 e. The predicted molar refractivity (Wildman–Crippen MR) is 93.2 cm³/mol. The number of hydrogen-bond acceptors (Lipinski definition) is 4. The Balaban J connectivity index is 1.75. The molecular formula is C19H24N2O3. The molecule has 1 heterocycles. The quantitative estimate of drug-likeness (QED) is 0.937. The van der Waals surface area contributed by atoms with Gasteiger partial charge in [-0.3, -0.25) is 4.79 Å². The number of aromatic nitrogens is 1. The van der Waals surface area contributed by atoms with Crippen LogP contribution in [0.15, 0.2) is 30.3 Å². The van der Waals surface area contributed by atoms with Gasteiger partial charge in [0.2, 0.25) is 0 Å². The molecule has 24 heavy (non-hydrogen) atoms. The third kappa shape index (κ3) is 3.51. The van der Waals surface area contributed by atoms with Gasteiger partial charge in [-0.2, -0.15) is 0 Å². The topological polar surface area (TPSA) is 62.7 Å². The third-order valence-electron chi connectivity index (χ3n) is 4.84. The Labute approximate surface area is 142 Å². The van der Waals surface area contributed by atoms with Gasteiger partial charge in [0.15, 0.2) is 0 Å². The SMILES string of the molecule is COc1ccc2nc(C(=O)N(C)CC3CCCCC3O)ccc2c1. The van der Waals surface area contributed by atoms with Crippen LogP contribution in [0, 0.1) is 5.92 Å². The molecule has 1 amide bonds. The summed E-state index contributed by atoms with van der Waals surface area (Å²) in [6.45, 7) is 0.572. The largest absolute Gasteiger partial charge is 0.497 e. The number of carbonyl (C=O) groups excluding carboxylic acids is 1. The molecule has 128 valence electrons. The van der Waals surface area contributed by atoms with Gasteiger partial charge in [-0.25, -0.2) is 4.98 Å². The van der Waals surface area contributed by atoms with Crippen LogP contribution in [0.1, 0.15) is 36.2 Å². The number of pyridine rings is 1. The summed E-state index contributed by atoms with van der Waals surface area (Å²) in [6, 6.07) is 9.24. The number of carbonyl (C=O) groups is 1. The third-order valence-corrected chi connectivity index (χ3v) is 4.84. The molecule has 3 rings (SSSR count). The Hall–Kier alpha value is -2.14. The number of aliphatic hydroxyl groups is 1. The van der Waals surface area contributed by atoms with Crippen molar-refractivity contribution in [1.82, 2.24) is 9.88 Å². The summed E-state index contributed by atoms with van der Waals surface area (Å²) in [5, 5.41) is 11.0. The van der Waals surface area contributed by atoms with Gasteiger partial charge in [0, 0.05) is 24.9 Å². The van der Waals surface area contributed by atoms with Gasteiger partial charge in [-0.1, -0.05) is 18.9 Å². The number of hydrogen-bond donors (Lipinski definition) is 1. The average molecular weight is 328 g/mol. The lowest BCUT2D eigenvalue weighted by atomic mass is 9.86. The highest BCUT2D eigenvalue weighted by Crippen LogP contribution is 2.25. The number of fused-ring (bicyclic) bond motifs is 1. The second-order valence-corrected chi connectivity index (χ2v) is 6.55. The molecule has 5 heteroatoms. The van der Waals surface area contributed by atoms with Gasteiger partial charge < -0.3 is 14.7 Å². The van der Waals surface area contributed by atoms with E-state index in [4.69, 9.17) is 4.74 Å². The van der Waals surface area contributed by atoms with E-state index in [0.717, 1.165) is 42.3 Å². The zero-order valence-corrected chi connectivity index (χ0v) is 14.2. The number of aliphatic hydroxyl groups excluding tert-OH is 1. The molecule has 1 aliphatic rings.